The molecule has 0 saturated carbocycles. The predicted molar refractivity (Wildman–Crippen MR) is 33.2 cm³/mol. The van der Waals surface area contributed by atoms with Crippen LogP contribution in [0, 0.1) is 0 Å². The average molecular weight is 130 g/mol. The Morgan fingerprint density at radius 1 is 1.56 bits per heavy atom. The molecule has 0 bridgehead atoms. The lowest BCUT2D eigenvalue weighted by molar-refractivity contribution is 0.131. The molecule has 0 unspecified atom stereocenters. The molecule has 0 aromatic heterocycles. The highest BCUT2D eigenvalue weighted by atomic mass is 16.8. The van der Waals surface area contributed by atoms with Gasteiger partial charge in [0.25, 0.3) is 0 Å². The second kappa shape index (κ2) is 5.15. The Morgan fingerprint density at radius 3 is 2.00 bits per heavy atom. The van der Waals surface area contributed by atoms with Gasteiger partial charge in [-0.1, -0.05) is 6.08 Å². The van der Waals surface area contributed by atoms with Gasteiger partial charge in [-0.05, 0) is 6.92 Å². The second-order valence-corrected chi connectivity index (χ2v) is 1.36. The van der Waals surface area contributed by atoms with E-state index in [4.69, 9.17) is 0 Å². The smallest absolute Gasteiger partial charge is 0.431 e. The summed E-state index contributed by atoms with van der Waals surface area (Å²) in [6.07, 6.45) is 1.20. The molecule has 9 heavy (non-hydrogen) atoms. The summed E-state index contributed by atoms with van der Waals surface area (Å²) in [6, 6.07) is 0. The summed E-state index contributed by atoms with van der Waals surface area (Å²) in [5.74, 6) is 0. The number of ether oxygens (including phenoxy) is 2. The Bertz CT molecular complexity index is 90.5. The van der Waals surface area contributed by atoms with Gasteiger partial charge >= 0.3 is 6.16 Å². The molecule has 3 heteroatoms. The fraction of sp³-hybridized carbons (Fsp3) is 0.500. The summed E-state index contributed by atoms with van der Waals surface area (Å²) in [4.78, 5) is 9.80. The molecule has 1 saturated heterocycles. The average Bonchev–Trinajstić information content (AvgIpc) is 2.20. The first-order valence-electron chi connectivity index (χ1n) is 2.68. The summed E-state index contributed by atoms with van der Waals surface area (Å²) in [5.41, 5.74) is 0. The van der Waals surface area contributed by atoms with Gasteiger partial charge in [0, 0.05) is 0 Å². The first-order valence-corrected chi connectivity index (χ1v) is 2.68. The Morgan fingerprint density at radius 2 is 1.89 bits per heavy atom. The number of rotatable bonds is 0. The molecule has 1 aliphatic rings. The maximum absolute atomic E-state index is 9.80. The Hall–Kier alpha value is -0.990. The number of allylic oxidation sites excluding steroid dienone is 1. The summed E-state index contributed by atoms with van der Waals surface area (Å²) in [5, 5.41) is 0. The van der Waals surface area contributed by atoms with Crippen molar-refractivity contribution in [2.75, 3.05) is 13.2 Å². The predicted octanol–water partition coefficient (Wildman–Crippen LogP) is 1.35. The molecule has 0 aromatic carbocycles. The van der Waals surface area contributed by atoms with Gasteiger partial charge < -0.3 is 9.47 Å². The zero-order valence-corrected chi connectivity index (χ0v) is 5.42. The van der Waals surface area contributed by atoms with Gasteiger partial charge in [0.1, 0.15) is 13.2 Å². The first-order chi connectivity index (χ1) is 4.31. The van der Waals surface area contributed by atoms with Gasteiger partial charge in [-0.15, -0.1) is 6.58 Å². The minimum atomic E-state index is -0.546. The third kappa shape index (κ3) is 4.87. The number of carbonyl (C=O) groups is 1. The third-order valence-corrected chi connectivity index (χ3v) is 0.523. The highest BCUT2D eigenvalue weighted by molar-refractivity contribution is 5.61. The molecule has 0 N–H and O–H groups in total. The normalized spacial score (nSPS) is 14.6. The summed E-state index contributed by atoms with van der Waals surface area (Å²) >= 11 is 0. The van der Waals surface area contributed by atoms with Gasteiger partial charge in [0.2, 0.25) is 0 Å². The van der Waals surface area contributed by atoms with E-state index in [1.54, 1.807) is 6.08 Å². The number of cyclic esters (lactones) is 2. The van der Waals surface area contributed by atoms with Crippen molar-refractivity contribution in [1.82, 2.24) is 0 Å². The van der Waals surface area contributed by atoms with Crippen LogP contribution in [0.5, 0.6) is 0 Å². The standard InChI is InChI=1S/C3H4O3.C3H6/c4-3-5-1-2-6-3;1-3-2/h1-2H2;3H,1H2,2H3. The van der Waals surface area contributed by atoms with Crippen molar-refractivity contribution in [3.63, 3.8) is 0 Å². The third-order valence-electron chi connectivity index (χ3n) is 0.523. The lowest BCUT2D eigenvalue weighted by Crippen LogP contribution is -1.88. The van der Waals surface area contributed by atoms with Crippen molar-refractivity contribution in [3.05, 3.63) is 12.7 Å². The van der Waals surface area contributed by atoms with E-state index in [1.165, 1.54) is 0 Å². The molecule has 0 radical (unpaired) electrons. The second-order valence-electron chi connectivity index (χ2n) is 1.36. The Labute approximate surface area is 54.3 Å². The number of hydrogen-bond donors (Lipinski definition) is 0. The van der Waals surface area contributed by atoms with Gasteiger partial charge in [-0.3, -0.25) is 0 Å². The van der Waals surface area contributed by atoms with E-state index in [2.05, 4.69) is 16.1 Å². The molecular formula is C6H10O3. The van der Waals surface area contributed by atoms with Crippen molar-refractivity contribution in [2.24, 2.45) is 0 Å². The van der Waals surface area contributed by atoms with E-state index >= 15 is 0 Å². The van der Waals surface area contributed by atoms with Crippen LogP contribution in [-0.2, 0) is 9.47 Å². The lowest BCUT2D eigenvalue weighted by Gasteiger charge is -1.78. The van der Waals surface area contributed by atoms with Crippen LogP contribution in [0.4, 0.5) is 4.79 Å². The molecule has 52 valence electrons. The number of hydrogen-bond acceptors (Lipinski definition) is 3. The molecule has 0 spiro atoms. The van der Waals surface area contributed by atoms with Crippen LogP contribution < -0.4 is 0 Å². The maximum atomic E-state index is 9.80. The quantitative estimate of drug-likeness (QED) is 0.366. The SMILES string of the molecule is C=CC.O=C1OCCO1. The van der Waals surface area contributed by atoms with E-state index in [-0.39, 0.29) is 0 Å². The van der Waals surface area contributed by atoms with Crippen LogP contribution in [0.15, 0.2) is 12.7 Å². The molecule has 0 aliphatic carbocycles. The molecule has 0 atom stereocenters. The van der Waals surface area contributed by atoms with Crippen LogP contribution in [0.1, 0.15) is 6.92 Å². The van der Waals surface area contributed by atoms with Crippen LogP contribution in [-0.4, -0.2) is 19.4 Å². The number of carbonyl (C=O) groups excluding carboxylic acids is 1. The molecule has 1 fully saturated rings. The summed E-state index contributed by atoms with van der Waals surface area (Å²) in [7, 11) is 0. The van der Waals surface area contributed by atoms with Crippen molar-refractivity contribution in [3.8, 4) is 0 Å². The molecule has 1 heterocycles. The molecule has 1 aliphatic heterocycles. The van der Waals surface area contributed by atoms with E-state index in [0.717, 1.165) is 0 Å². The topological polar surface area (TPSA) is 35.5 Å². The van der Waals surface area contributed by atoms with Crippen LogP contribution >= 0.6 is 0 Å². The van der Waals surface area contributed by atoms with Gasteiger partial charge in [-0.25, -0.2) is 4.79 Å². The zero-order valence-electron chi connectivity index (χ0n) is 5.42. The minimum absolute atomic E-state index is 0.416. The molecule has 1 rings (SSSR count). The van der Waals surface area contributed by atoms with Crippen molar-refractivity contribution in [1.29, 1.82) is 0 Å². The molecular weight excluding hydrogens is 120 g/mol. The zero-order chi connectivity index (χ0) is 7.11. The van der Waals surface area contributed by atoms with Gasteiger partial charge in [0.15, 0.2) is 0 Å². The fourth-order valence-electron chi connectivity index (χ4n) is 0.292. The van der Waals surface area contributed by atoms with Gasteiger partial charge in [0.05, 0.1) is 0 Å². The van der Waals surface area contributed by atoms with E-state index in [9.17, 15) is 4.79 Å². The van der Waals surface area contributed by atoms with E-state index in [1.807, 2.05) is 6.92 Å². The molecule has 0 aromatic rings. The monoisotopic (exact) mass is 130 g/mol. The highest BCUT2D eigenvalue weighted by Crippen LogP contribution is 1.92. The summed E-state index contributed by atoms with van der Waals surface area (Å²) < 4.78 is 8.58. The maximum Gasteiger partial charge on any atom is 0.508 e. The Balaban J connectivity index is 0.000000187. The van der Waals surface area contributed by atoms with Crippen molar-refractivity contribution >= 4 is 6.16 Å². The molecule has 3 nitrogen and oxygen atoms in total. The van der Waals surface area contributed by atoms with Crippen molar-refractivity contribution in [2.45, 2.75) is 6.92 Å². The lowest BCUT2D eigenvalue weighted by atomic mass is 10.8. The largest absolute Gasteiger partial charge is 0.508 e. The molecule has 0 amide bonds. The fourth-order valence-corrected chi connectivity index (χ4v) is 0.292. The van der Waals surface area contributed by atoms with Crippen LogP contribution in [0.25, 0.3) is 0 Å². The first kappa shape index (κ1) is 8.01. The van der Waals surface area contributed by atoms with Crippen molar-refractivity contribution < 1.29 is 14.3 Å². The van der Waals surface area contributed by atoms with Crippen LogP contribution in [0.2, 0.25) is 0 Å². The van der Waals surface area contributed by atoms with Crippen LogP contribution in [0.3, 0.4) is 0 Å². The van der Waals surface area contributed by atoms with Gasteiger partial charge in [-0.2, -0.15) is 0 Å². The summed E-state index contributed by atoms with van der Waals surface area (Å²) in [6.45, 7) is 6.08. The van der Waals surface area contributed by atoms with E-state index < -0.39 is 6.16 Å². The highest BCUT2D eigenvalue weighted by Gasteiger charge is 2.09. The minimum Gasteiger partial charge on any atom is -0.431 e. The Kier molecular flexibility index (Phi) is 4.59. The van der Waals surface area contributed by atoms with E-state index in [0.29, 0.717) is 13.2 Å².